The van der Waals surface area contributed by atoms with Gasteiger partial charge in [0.1, 0.15) is 12.1 Å². The maximum absolute atomic E-state index is 12.7. The molecule has 2 unspecified atom stereocenters. The Labute approximate surface area is 323 Å². The number of esters is 1. The van der Waals surface area contributed by atoms with Crippen molar-refractivity contribution in [1.29, 1.82) is 0 Å². The SMILES string of the molecule is CCC/C=C\CCCCCCCC(=O)OC(CCCCC/C=C\C/C=C\CCCCCCC)CCCCCCCC(=O)NCC(=O)NC(CO)C(=O)O. The molecule has 2 amide bonds. The van der Waals surface area contributed by atoms with Gasteiger partial charge in [0.05, 0.1) is 13.2 Å². The number of allylic oxidation sites excluding steroid dienone is 6. The number of carbonyl (C=O) groups excluding carboxylic acids is 3. The smallest absolute Gasteiger partial charge is 0.328 e. The molecule has 0 bridgehead atoms. The van der Waals surface area contributed by atoms with Crippen molar-refractivity contribution in [3.05, 3.63) is 36.5 Å². The molecule has 0 spiro atoms. The lowest BCUT2D eigenvalue weighted by Gasteiger charge is -2.18. The summed E-state index contributed by atoms with van der Waals surface area (Å²) in [7, 11) is 0. The largest absolute Gasteiger partial charge is 0.480 e. The highest BCUT2D eigenvalue weighted by Gasteiger charge is 2.19. The Morgan fingerprint density at radius 2 is 1.06 bits per heavy atom. The van der Waals surface area contributed by atoms with Gasteiger partial charge in [0.15, 0.2) is 0 Å². The number of amides is 2. The second kappa shape index (κ2) is 38.8. The molecule has 0 aromatic rings. The van der Waals surface area contributed by atoms with Crippen LogP contribution in [0.3, 0.4) is 0 Å². The average molecular weight is 747 g/mol. The third-order valence-corrected chi connectivity index (χ3v) is 9.34. The fourth-order valence-corrected chi connectivity index (χ4v) is 6.04. The first-order valence-electron chi connectivity index (χ1n) is 21.4. The van der Waals surface area contributed by atoms with E-state index in [1.54, 1.807) is 0 Å². The van der Waals surface area contributed by atoms with Gasteiger partial charge in [-0.05, 0) is 89.9 Å². The summed E-state index contributed by atoms with van der Waals surface area (Å²) in [5.74, 6) is -2.32. The van der Waals surface area contributed by atoms with Gasteiger partial charge in [0.25, 0.3) is 0 Å². The summed E-state index contributed by atoms with van der Waals surface area (Å²) in [5.41, 5.74) is 0. The number of aliphatic hydroxyl groups is 1. The molecule has 9 heteroatoms. The van der Waals surface area contributed by atoms with E-state index < -0.39 is 24.5 Å². The number of hydrogen-bond donors (Lipinski definition) is 4. The van der Waals surface area contributed by atoms with Crippen LogP contribution in [0.25, 0.3) is 0 Å². The molecule has 0 radical (unpaired) electrons. The maximum atomic E-state index is 12.7. The third-order valence-electron chi connectivity index (χ3n) is 9.34. The number of aliphatic hydroxyl groups excluding tert-OH is 1. The topological polar surface area (TPSA) is 142 Å². The highest BCUT2D eigenvalue weighted by molar-refractivity contribution is 5.87. The first-order chi connectivity index (χ1) is 25.8. The summed E-state index contributed by atoms with van der Waals surface area (Å²) < 4.78 is 6.00. The van der Waals surface area contributed by atoms with Gasteiger partial charge in [-0.3, -0.25) is 14.4 Å². The van der Waals surface area contributed by atoms with Crippen LogP contribution < -0.4 is 10.6 Å². The molecule has 0 heterocycles. The number of unbranched alkanes of at least 4 members (excludes halogenated alkanes) is 18. The zero-order valence-electron chi connectivity index (χ0n) is 33.8. The molecule has 306 valence electrons. The fraction of sp³-hybridized carbons (Fsp3) is 0.773. The van der Waals surface area contributed by atoms with E-state index in [0.717, 1.165) is 103 Å². The van der Waals surface area contributed by atoms with Gasteiger partial charge in [-0.2, -0.15) is 0 Å². The maximum Gasteiger partial charge on any atom is 0.328 e. The lowest BCUT2D eigenvalue weighted by molar-refractivity contribution is -0.150. The zero-order chi connectivity index (χ0) is 39.0. The van der Waals surface area contributed by atoms with Crippen molar-refractivity contribution in [2.45, 2.75) is 206 Å². The summed E-state index contributed by atoms with van der Waals surface area (Å²) in [6.07, 6.45) is 43.1. The van der Waals surface area contributed by atoms with Gasteiger partial charge in [-0.1, -0.05) is 127 Å². The van der Waals surface area contributed by atoms with Crippen molar-refractivity contribution in [2.24, 2.45) is 0 Å². The molecule has 0 aromatic carbocycles. The second-order valence-electron chi connectivity index (χ2n) is 14.4. The van der Waals surface area contributed by atoms with Gasteiger partial charge in [-0.15, -0.1) is 0 Å². The van der Waals surface area contributed by atoms with E-state index in [9.17, 15) is 19.2 Å². The number of ether oxygens (including phenoxy) is 1. The Morgan fingerprint density at radius 1 is 0.566 bits per heavy atom. The standard InChI is InChI=1S/C44H78N2O7/c1-3-5-7-9-11-13-15-16-17-18-19-20-22-25-29-33-39(53-43(50)36-32-28-23-21-14-12-10-8-6-4-2)34-30-26-24-27-31-35-41(48)45-37-42(49)46-40(38-47)44(51)52/h8,10,15-16,18-19,39-40,47H,3-7,9,11-14,17,20-38H2,1-2H3,(H,45,48)(H,46,49)(H,51,52)/b10-8-,16-15-,19-18-. The summed E-state index contributed by atoms with van der Waals surface area (Å²) in [5, 5.41) is 22.5. The van der Waals surface area contributed by atoms with Crippen LogP contribution in [0, 0.1) is 0 Å². The van der Waals surface area contributed by atoms with Crippen LogP contribution in [0.4, 0.5) is 0 Å². The van der Waals surface area contributed by atoms with E-state index in [4.69, 9.17) is 14.9 Å². The van der Waals surface area contributed by atoms with Crippen molar-refractivity contribution < 1.29 is 34.1 Å². The number of carboxylic acids is 1. The van der Waals surface area contributed by atoms with Crippen LogP contribution in [0.1, 0.15) is 194 Å². The summed E-state index contributed by atoms with van der Waals surface area (Å²) in [6, 6.07) is -1.38. The molecule has 0 aliphatic heterocycles. The normalized spacial score (nSPS) is 12.8. The van der Waals surface area contributed by atoms with Crippen molar-refractivity contribution in [3.63, 3.8) is 0 Å². The lowest BCUT2D eigenvalue weighted by atomic mass is 10.0. The molecule has 0 rings (SSSR count). The first kappa shape index (κ1) is 50.1. The number of aliphatic carboxylic acids is 1. The molecule has 0 aliphatic carbocycles. The Balaban J connectivity index is 4.38. The fourth-order valence-electron chi connectivity index (χ4n) is 6.04. The van der Waals surface area contributed by atoms with Crippen LogP contribution >= 0.6 is 0 Å². The molecule has 0 aromatic heterocycles. The Hall–Kier alpha value is -2.94. The van der Waals surface area contributed by atoms with Gasteiger partial charge in [0, 0.05) is 12.8 Å². The Morgan fingerprint density at radius 3 is 1.62 bits per heavy atom. The molecule has 9 nitrogen and oxygen atoms in total. The molecule has 0 fully saturated rings. The Bertz CT molecular complexity index is 994. The van der Waals surface area contributed by atoms with Gasteiger partial charge in [0.2, 0.25) is 11.8 Å². The number of carboxylic acid groups (broad SMARTS) is 1. The van der Waals surface area contributed by atoms with Gasteiger partial charge < -0.3 is 25.6 Å². The van der Waals surface area contributed by atoms with E-state index in [2.05, 4.69) is 60.9 Å². The van der Waals surface area contributed by atoms with Crippen LogP contribution in [0.2, 0.25) is 0 Å². The van der Waals surface area contributed by atoms with Crippen molar-refractivity contribution in [3.8, 4) is 0 Å². The molecular weight excluding hydrogens is 668 g/mol. The molecule has 4 N–H and O–H groups in total. The van der Waals surface area contributed by atoms with Crippen molar-refractivity contribution in [1.82, 2.24) is 10.6 Å². The molecule has 0 aliphatic rings. The molecular formula is C44H78N2O7. The molecule has 0 saturated carbocycles. The second-order valence-corrected chi connectivity index (χ2v) is 14.4. The van der Waals surface area contributed by atoms with E-state index in [-0.39, 0.29) is 30.9 Å². The van der Waals surface area contributed by atoms with E-state index in [1.807, 2.05) is 0 Å². The minimum atomic E-state index is -1.38. The predicted molar refractivity (Wildman–Crippen MR) is 218 cm³/mol. The highest BCUT2D eigenvalue weighted by Crippen LogP contribution is 2.18. The number of rotatable bonds is 38. The third kappa shape index (κ3) is 35.8. The van der Waals surface area contributed by atoms with Gasteiger partial charge in [-0.25, -0.2) is 4.79 Å². The number of nitrogens with one attached hydrogen (secondary N) is 2. The van der Waals surface area contributed by atoms with E-state index >= 15 is 0 Å². The minimum Gasteiger partial charge on any atom is -0.480 e. The summed E-state index contributed by atoms with van der Waals surface area (Å²) in [4.78, 5) is 47.5. The first-order valence-corrected chi connectivity index (χ1v) is 21.4. The average Bonchev–Trinajstić information content (AvgIpc) is 3.14. The van der Waals surface area contributed by atoms with Crippen LogP contribution in [0.15, 0.2) is 36.5 Å². The summed E-state index contributed by atoms with van der Waals surface area (Å²) in [6.45, 7) is 3.41. The van der Waals surface area contributed by atoms with E-state index in [0.29, 0.717) is 12.8 Å². The molecule has 2 atom stereocenters. The number of carbonyl (C=O) groups is 4. The van der Waals surface area contributed by atoms with Crippen molar-refractivity contribution in [2.75, 3.05) is 13.2 Å². The minimum absolute atomic E-state index is 0.0384. The van der Waals surface area contributed by atoms with Crippen LogP contribution in [-0.2, 0) is 23.9 Å². The van der Waals surface area contributed by atoms with Crippen LogP contribution in [-0.4, -0.2) is 59.3 Å². The highest BCUT2D eigenvalue weighted by atomic mass is 16.5. The monoisotopic (exact) mass is 747 g/mol. The lowest BCUT2D eigenvalue weighted by Crippen LogP contribution is -2.47. The number of hydrogen-bond acceptors (Lipinski definition) is 6. The van der Waals surface area contributed by atoms with E-state index in [1.165, 1.54) is 57.8 Å². The quantitative estimate of drug-likeness (QED) is 0.0280. The van der Waals surface area contributed by atoms with Gasteiger partial charge >= 0.3 is 11.9 Å². The summed E-state index contributed by atoms with van der Waals surface area (Å²) >= 11 is 0. The molecule has 53 heavy (non-hydrogen) atoms. The molecule has 0 saturated heterocycles. The van der Waals surface area contributed by atoms with Crippen LogP contribution in [0.5, 0.6) is 0 Å². The predicted octanol–water partition coefficient (Wildman–Crippen LogP) is 10.2. The van der Waals surface area contributed by atoms with Crippen molar-refractivity contribution >= 4 is 23.8 Å². The Kier molecular flexibility index (Phi) is 36.6. The zero-order valence-corrected chi connectivity index (χ0v) is 33.8.